The molecule has 0 spiro atoms. The summed E-state index contributed by atoms with van der Waals surface area (Å²) in [5.74, 6) is 0.727. The molecule has 1 saturated carbocycles. The lowest BCUT2D eigenvalue weighted by Gasteiger charge is -2.26. The third-order valence-corrected chi connectivity index (χ3v) is 4.03. The Bertz CT molecular complexity index is 409. The molecule has 1 aromatic rings. The molecule has 1 aliphatic carbocycles. The van der Waals surface area contributed by atoms with Crippen LogP contribution in [-0.4, -0.2) is 17.4 Å². The Kier molecular flexibility index (Phi) is 3.51. The average molecular weight is 231 g/mol. The van der Waals surface area contributed by atoms with Gasteiger partial charge in [-0.05, 0) is 56.2 Å². The van der Waals surface area contributed by atoms with Crippen LogP contribution in [-0.2, 0) is 11.3 Å². The van der Waals surface area contributed by atoms with Gasteiger partial charge in [0.05, 0.1) is 0 Å². The third-order valence-electron chi connectivity index (χ3n) is 4.03. The van der Waals surface area contributed by atoms with E-state index in [-0.39, 0.29) is 0 Å². The number of rotatable bonds is 5. The van der Waals surface area contributed by atoms with Crippen LogP contribution in [0.5, 0.6) is 0 Å². The standard InChI is InChI=1S/C15H21NO/c1-11-5-4-6-15(12(11)2)9-16(10-17)13(3)14-7-8-14/h4-6,10,13-14H,7-9H2,1-3H3. The van der Waals surface area contributed by atoms with Crippen molar-refractivity contribution in [2.75, 3.05) is 0 Å². The summed E-state index contributed by atoms with van der Waals surface area (Å²) in [6.45, 7) is 7.16. The lowest BCUT2D eigenvalue weighted by molar-refractivity contribution is -0.120. The second-order valence-corrected chi connectivity index (χ2v) is 5.21. The van der Waals surface area contributed by atoms with Gasteiger partial charge in [-0.25, -0.2) is 0 Å². The molecule has 17 heavy (non-hydrogen) atoms. The first-order valence-electron chi connectivity index (χ1n) is 6.39. The molecular formula is C15H21NO. The number of benzene rings is 1. The second-order valence-electron chi connectivity index (χ2n) is 5.21. The zero-order chi connectivity index (χ0) is 12.4. The van der Waals surface area contributed by atoms with E-state index in [1.165, 1.54) is 29.5 Å². The predicted octanol–water partition coefficient (Wildman–Crippen LogP) is 3.06. The van der Waals surface area contributed by atoms with Gasteiger partial charge < -0.3 is 4.90 Å². The van der Waals surface area contributed by atoms with Crippen LogP contribution in [0.15, 0.2) is 18.2 Å². The summed E-state index contributed by atoms with van der Waals surface area (Å²) in [5.41, 5.74) is 3.87. The number of carbonyl (C=O) groups is 1. The van der Waals surface area contributed by atoms with Crippen LogP contribution < -0.4 is 0 Å². The number of amides is 1. The molecule has 0 radical (unpaired) electrons. The summed E-state index contributed by atoms with van der Waals surface area (Å²) in [6.07, 6.45) is 3.56. The second kappa shape index (κ2) is 4.91. The average Bonchev–Trinajstić information content (AvgIpc) is 3.14. The summed E-state index contributed by atoms with van der Waals surface area (Å²) >= 11 is 0. The monoisotopic (exact) mass is 231 g/mol. The van der Waals surface area contributed by atoms with Crippen LogP contribution in [0.2, 0.25) is 0 Å². The maximum absolute atomic E-state index is 11.2. The number of hydrogen-bond acceptors (Lipinski definition) is 1. The molecule has 0 N–H and O–H groups in total. The van der Waals surface area contributed by atoms with Gasteiger partial charge in [0.15, 0.2) is 0 Å². The van der Waals surface area contributed by atoms with E-state index in [9.17, 15) is 4.79 Å². The third kappa shape index (κ3) is 2.68. The number of nitrogens with zero attached hydrogens (tertiary/aromatic N) is 1. The van der Waals surface area contributed by atoms with Crippen LogP contribution in [0.25, 0.3) is 0 Å². The maximum Gasteiger partial charge on any atom is 0.210 e. The molecule has 0 aromatic heterocycles. The Morgan fingerprint density at radius 1 is 1.41 bits per heavy atom. The minimum Gasteiger partial charge on any atom is -0.338 e. The number of hydrogen-bond donors (Lipinski definition) is 0. The Hall–Kier alpha value is -1.31. The van der Waals surface area contributed by atoms with Crippen molar-refractivity contribution in [3.8, 4) is 0 Å². The molecule has 1 amide bonds. The highest BCUT2D eigenvalue weighted by atomic mass is 16.1. The van der Waals surface area contributed by atoms with Crippen molar-refractivity contribution >= 4 is 6.41 Å². The van der Waals surface area contributed by atoms with Gasteiger partial charge in [0.1, 0.15) is 0 Å². The van der Waals surface area contributed by atoms with Crippen LogP contribution in [0.3, 0.4) is 0 Å². The van der Waals surface area contributed by atoms with Gasteiger partial charge in [-0.15, -0.1) is 0 Å². The van der Waals surface area contributed by atoms with E-state index >= 15 is 0 Å². The van der Waals surface area contributed by atoms with Gasteiger partial charge in [0.25, 0.3) is 0 Å². The van der Waals surface area contributed by atoms with Gasteiger partial charge in [0.2, 0.25) is 6.41 Å². The molecule has 2 rings (SSSR count). The van der Waals surface area contributed by atoms with E-state index in [0.717, 1.165) is 18.9 Å². The smallest absolute Gasteiger partial charge is 0.210 e. The van der Waals surface area contributed by atoms with E-state index in [1.54, 1.807) is 0 Å². The SMILES string of the molecule is Cc1cccc(CN(C=O)C(C)C2CC2)c1C. The molecule has 1 unspecified atom stereocenters. The molecule has 1 aliphatic rings. The van der Waals surface area contributed by atoms with E-state index in [0.29, 0.717) is 6.04 Å². The molecule has 2 nitrogen and oxygen atoms in total. The summed E-state index contributed by atoms with van der Waals surface area (Å²) < 4.78 is 0. The maximum atomic E-state index is 11.2. The lowest BCUT2D eigenvalue weighted by Crippen LogP contribution is -2.33. The highest BCUT2D eigenvalue weighted by Crippen LogP contribution is 2.35. The fourth-order valence-electron chi connectivity index (χ4n) is 2.31. The quantitative estimate of drug-likeness (QED) is 0.713. The molecular weight excluding hydrogens is 210 g/mol. The van der Waals surface area contributed by atoms with Gasteiger partial charge >= 0.3 is 0 Å². The van der Waals surface area contributed by atoms with Crippen molar-refractivity contribution in [2.24, 2.45) is 5.92 Å². The minimum atomic E-state index is 0.382. The Morgan fingerprint density at radius 3 is 2.71 bits per heavy atom. The largest absolute Gasteiger partial charge is 0.338 e. The Morgan fingerprint density at radius 2 is 2.12 bits per heavy atom. The van der Waals surface area contributed by atoms with E-state index in [2.05, 4.69) is 39.0 Å². The highest BCUT2D eigenvalue weighted by molar-refractivity contribution is 5.49. The molecule has 1 fully saturated rings. The summed E-state index contributed by atoms with van der Waals surface area (Å²) in [5, 5.41) is 0. The molecule has 1 aromatic carbocycles. The van der Waals surface area contributed by atoms with Gasteiger partial charge in [-0.3, -0.25) is 4.79 Å². The van der Waals surface area contributed by atoms with Crippen molar-refractivity contribution in [1.82, 2.24) is 4.90 Å². The molecule has 0 heterocycles. The van der Waals surface area contributed by atoms with Crippen molar-refractivity contribution in [3.05, 3.63) is 34.9 Å². The fourth-order valence-corrected chi connectivity index (χ4v) is 2.31. The minimum absolute atomic E-state index is 0.382. The van der Waals surface area contributed by atoms with Gasteiger partial charge in [0, 0.05) is 12.6 Å². The first-order valence-corrected chi connectivity index (χ1v) is 6.39. The zero-order valence-electron chi connectivity index (χ0n) is 10.9. The van der Waals surface area contributed by atoms with Crippen molar-refractivity contribution < 1.29 is 4.79 Å². The summed E-state index contributed by atoms with van der Waals surface area (Å²) in [7, 11) is 0. The highest BCUT2D eigenvalue weighted by Gasteiger charge is 2.31. The lowest BCUT2D eigenvalue weighted by atomic mass is 10.0. The Balaban J connectivity index is 2.12. The van der Waals surface area contributed by atoms with Crippen LogP contribution in [0, 0.1) is 19.8 Å². The van der Waals surface area contributed by atoms with Crippen LogP contribution >= 0.6 is 0 Å². The topological polar surface area (TPSA) is 20.3 Å². The number of aryl methyl sites for hydroxylation is 1. The van der Waals surface area contributed by atoms with Gasteiger partial charge in [-0.1, -0.05) is 18.2 Å². The van der Waals surface area contributed by atoms with Crippen LogP contribution in [0.4, 0.5) is 0 Å². The van der Waals surface area contributed by atoms with E-state index in [1.807, 2.05) is 4.90 Å². The normalized spacial score (nSPS) is 16.6. The zero-order valence-corrected chi connectivity index (χ0v) is 10.9. The van der Waals surface area contributed by atoms with Crippen molar-refractivity contribution in [1.29, 1.82) is 0 Å². The van der Waals surface area contributed by atoms with Crippen LogP contribution in [0.1, 0.15) is 36.5 Å². The predicted molar refractivity (Wildman–Crippen MR) is 69.7 cm³/mol. The molecule has 92 valence electrons. The molecule has 2 heteroatoms. The van der Waals surface area contributed by atoms with Crippen molar-refractivity contribution in [2.45, 2.75) is 46.2 Å². The molecule has 0 saturated heterocycles. The summed E-state index contributed by atoms with van der Waals surface area (Å²) in [4.78, 5) is 13.1. The number of carbonyl (C=O) groups excluding carboxylic acids is 1. The molecule has 0 aliphatic heterocycles. The fraction of sp³-hybridized carbons (Fsp3) is 0.533. The molecule has 0 bridgehead atoms. The van der Waals surface area contributed by atoms with Crippen molar-refractivity contribution in [3.63, 3.8) is 0 Å². The molecule has 1 atom stereocenters. The van der Waals surface area contributed by atoms with Gasteiger partial charge in [-0.2, -0.15) is 0 Å². The van der Waals surface area contributed by atoms with E-state index < -0.39 is 0 Å². The first kappa shape index (κ1) is 12.2. The van der Waals surface area contributed by atoms with E-state index in [4.69, 9.17) is 0 Å². The summed E-state index contributed by atoms with van der Waals surface area (Å²) in [6, 6.07) is 6.70. The first-order chi connectivity index (χ1) is 8.13. The Labute approximate surface area is 104 Å².